The number of esters is 1. The van der Waals surface area contributed by atoms with Gasteiger partial charge in [0.1, 0.15) is 0 Å². The summed E-state index contributed by atoms with van der Waals surface area (Å²) < 4.78 is 11.2. The van der Waals surface area contributed by atoms with Gasteiger partial charge < -0.3 is 19.7 Å². The molecule has 0 fully saturated rings. The van der Waals surface area contributed by atoms with E-state index >= 15 is 0 Å². The third-order valence-electron chi connectivity index (χ3n) is 4.00. The zero-order valence-corrected chi connectivity index (χ0v) is 16.5. The SMILES string of the molecule is COC[C@H](C)N1C(=S)N[C@H](c2ccccc2Br)C(C(=O)OC)=C1C. The molecular weight excluding hydrogens is 392 g/mol. The molecule has 1 aliphatic heterocycles. The van der Waals surface area contributed by atoms with Gasteiger partial charge in [-0.1, -0.05) is 34.1 Å². The van der Waals surface area contributed by atoms with Crippen molar-refractivity contribution in [2.45, 2.75) is 25.9 Å². The van der Waals surface area contributed by atoms with E-state index in [-0.39, 0.29) is 18.1 Å². The number of carbonyl (C=O) groups excluding carboxylic acids is 1. The van der Waals surface area contributed by atoms with E-state index in [1.165, 1.54) is 7.11 Å². The van der Waals surface area contributed by atoms with Gasteiger partial charge in [0.25, 0.3) is 0 Å². The number of halogens is 1. The van der Waals surface area contributed by atoms with Crippen LogP contribution in [0, 0.1) is 0 Å². The van der Waals surface area contributed by atoms with Gasteiger partial charge in [0.05, 0.1) is 31.4 Å². The van der Waals surface area contributed by atoms with Crippen LogP contribution in [0.25, 0.3) is 0 Å². The van der Waals surface area contributed by atoms with Crippen LogP contribution in [0.4, 0.5) is 0 Å². The molecule has 24 heavy (non-hydrogen) atoms. The molecule has 0 spiro atoms. The Balaban J connectivity index is 2.56. The summed E-state index contributed by atoms with van der Waals surface area (Å²) in [6, 6.07) is 7.37. The van der Waals surface area contributed by atoms with Crippen molar-refractivity contribution in [3.05, 3.63) is 45.6 Å². The first kappa shape index (κ1) is 18.9. The fraction of sp³-hybridized carbons (Fsp3) is 0.412. The molecule has 0 unspecified atom stereocenters. The predicted octanol–water partition coefficient (Wildman–Crippen LogP) is 3.16. The van der Waals surface area contributed by atoms with E-state index in [9.17, 15) is 4.79 Å². The first-order valence-electron chi connectivity index (χ1n) is 7.54. The van der Waals surface area contributed by atoms with Gasteiger partial charge in [-0.25, -0.2) is 4.79 Å². The number of nitrogens with one attached hydrogen (secondary N) is 1. The van der Waals surface area contributed by atoms with E-state index in [1.54, 1.807) is 7.11 Å². The van der Waals surface area contributed by atoms with Crippen LogP contribution in [0.2, 0.25) is 0 Å². The van der Waals surface area contributed by atoms with Crippen molar-refractivity contribution in [2.24, 2.45) is 0 Å². The number of hydrogen-bond donors (Lipinski definition) is 1. The maximum absolute atomic E-state index is 12.5. The number of ether oxygens (including phenoxy) is 2. The van der Waals surface area contributed by atoms with E-state index in [2.05, 4.69) is 21.2 Å². The highest BCUT2D eigenvalue weighted by molar-refractivity contribution is 9.10. The summed E-state index contributed by atoms with van der Waals surface area (Å²) in [4.78, 5) is 14.4. The summed E-state index contributed by atoms with van der Waals surface area (Å²) in [5.74, 6) is -0.377. The molecule has 0 radical (unpaired) electrons. The number of hydrogen-bond acceptors (Lipinski definition) is 4. The monoisotopic (exact) mass is 412 g/mol. The van der Waals surface area contributed by atoms with Gasteiger partial charge in [-0.05, 0) is 37.7 Å². The molecule has 2 rings (SSSR count). The molecule has 5 nitrogen and oxygen atoms in total. The average Bonchev–Trinajstić information content (AvgIpc) is 2.54. The van der Waals surface area contributed by atoms with Crippen LogP contribution in [0.5, 0.6) is 0 Å². The molecule has 0 aromatic heterocycles. The summed E-state index contributed by atoms with van der Waals surface area (Å²) in [6.45, 7) is 4.37. The first-order valence-corrected chi connectivity index (χ1v) is 8.74. The lowest BCUT2D eigenvalue weighted by molar-refractivity contribution is -0.136. The molecule has 1 aromatic carbocycles. The van der Waals surface area contributed by atoms with Gasteiger partial charge in [0.15, 0.2) is 5.11 Å². The summed E-state index contributed by atoms with van der Waals surface area (Å²) in [5, 5.41) is 3.83. The Kier molecular flexibility index (Phi) is 6.37. The minimum atomic E-state index is -0.377. The molecule has 0 amide bonds. The van der Waals surface area contributed by atoms with Crippen molar-refractivity contribution in [3.63, 3.8) is 0 Å². The second-order valence-electron chi connectivity index (χ2n) is 5.57. The fourth-order valence-corrected chi connectivity index (χ4v) is 3.87. The highest BCUT2D eigenvalue weighted by Gasteiger charge is 2.36. The van der Waals surface area contributed by atoms with Crippen LogP contribution in [-0.2, 0) is 14.3 Å². The fourth-order valence-electron chi connectivity index (χ4n) is 2.92. The topological polar surface area (TPSA) is 50.8 Å². The molecule has 0 aliphatic carbocycles. The molecular formula is C17H21BrN2O3S. The van der Waals surface area contributed by atoms with Gasteiger partial charge in [0, 0.05) is 17.3 Å². The van der Waals surface area contributed by atoms with Crippen molar-refractivity contribution in [1.82, 2.24) is 10.2 Å². The van der Waals surface area contributed by atoms with Gasteiger partial charge in [-0.15, -0.1) is 0 Å². The van der Waals surface area contributed by atoms with Gasteiger partial charge in [-0.2, -0.15) is 0 Å². The highest BCUT2D eigenvalue weighted by atomic mass is 79.9. The molecule has 1 aromatic rings. The van der Waals surface area contributed by atoms with Crippen LogP contribution < -0.4 is 5.32 Å². The maximum atomic E-state index is 12.5. The molecule has 7 heteroatoms. The number of benzene rings is 1. The maximum Gasteiger partial charge on any atom is 0.337 e. The van der Waals surface area contributed by atoms with Crippen LogP contribution in [0.15, 0.2) is 40.0 Å². The minimum Gasteiger partial charge on any atom is -0.466 e. The van der Waals surface area contributed by atoms with Gasteiger partial charge in [-0.3, -0.25) is 0 Å². The largest absolute Gasteiger partial charge is 0.466 e. The third kappa shape index (κ3) is 3.63. The Hall–Kier alpha value is -1.44. The second-order valence-corrected chi connectivity index (χ2v) is 6.81. The van der Waals surface area contributed by atoms with Crippen molar-refractivity contribution in [3.8, 4) is 0 Å². The molecule has 0 saturated heterocycles. The lowest BCUT2D eigenvalue weighted by Crippen LogP contribution is -2.52. The van der Waals surface area contributed by atoms with Crippen LogP contribution in [-0.4, -0.2) is 42.8 Å². The van der Waals surface area contributed by atoms with E-state index in [0.29, 0.717) is 17.3 Å². The molecule has 130 valence electrons. The van der Waals surface area contributed by atoms with E-state index in [1.807, 2.05) is 43.0 Å². The molecule has 0 saturated carbocycles. The zero-order valence-electron chi connectivity index (χ0n) is 14.1. The summed E-state index contributed by atoms with van der Waals surface area (Å²) in [6.07, 6.45) is 0. The zero-order chi connectivity index (χ0) is 17.9. The molecule has 1 aliphatic rings. The van der Waals surface area contributed by atoms with Gasteiger partial charge >= 0.3 is 5.97 Å². The van der Waals surface area contributed by atoms with Gasteiger partial charge in [0.2, 0.25) is 0 Å². The minimum absolute atomic E-state index is 0.00480. The number of thiocarbonyl (C=S) groups is 1. The Labute approximate surface area is 156 Å². The summed E-state index contributed by atoms with van der Waals surface area (Å²) in [5.41, 5.74) is 2.25. The van der Waals surface area contributed by atoms with Crippen LogP contribution >= 0.6 is 28.1 Å². The standard InChI is InChI=1S/C17H21BrN2O3S/c1-10(9-22-3)20-11(2)14(16(21)23-4)15(19-17(20)24)12-7-5-6-8-13(12)18/h5-8,10,15H,9H2,1-4H3,(H,19,24)/t10-,15+/m0/s1. The molecule has 0 bridgehead atoms. The summed E-state index contributed by atoms with van der Waals surface area (Å²) >= 11 is 9.10. The predicted molar refractivity (Wildman–Crippen MR) is 101 cm³/mol. The van der Waals surface area contributed by atoms with E-state index < -0.39 is 0 Å². The Morgan fingerprint density at radius 2 is 2.08 bits per heavy atom. The quantitative estimate of drug-likeness (QED) is 0.591. The normalized spacial score (nSPS) is 19.1. The highest BCUT2D eigenvalue weighted by Crippen LogP contribution is 2.35. The summed E-state index contributed by atoms with van der Waals surface area (Å²) in [7, 11) is 3.02. The van der Waals surface area contributed by atoms with Crippen molar-refractivity contribution >= 4 is 39.2 Å². The van der Waals surface area contributed by atoms with Crippen molar-refractivity contribution in [1.29, 1.82) is 0 Å². The Morgan fingerprint density at radius 1 is 1.42 bits per heavy atom. The number of allylic oxidation sites excluding steroid dienone is 1. The molecule has 1 N–H and O–H groups in total. The van der Waals surface area contributed by atoms with E-state index in [4.69, 9.17) is 21.7 Å². The third-order valence-corrected chi connectivity index (χ3v) is 5.03. The molecule has 1 heterocycles. The van der Waals surface area contributed by atoms with Crippen LogP contribution in [0.3, 0.4) is 0 Å². The lowest BCUT2D eigenvalue weighted by Gasteiger charge is -2.40. The smallest absolute Gasteiger partial charge is 0.337 e. The van der Waals surface area contributed by atoms with E-state index in [0.717, 1.165) is 15.7 Å². The molecule has 2 atom stereocenters. The number of nitrogens with zero attached hydrogens (tertiary/aromatic N) is 1. The number of methoxy groups -OCH3 is 2. The Bertz CT molecular complexity index is 678. The second kappa shape index (κ2) is 8.09. The average molecular weight is 413 g/mol. The Morgan fingerprint density at radius 3 is 2.67 bits per heavy atom. The first-order chi connectivity index (χ1) is 11.4. The number of carbonyl (C=O) groups is 1. The van der Waals surface area contributed by atoms with Crippen molar-refractivity contribution < 1.29 is 14.3 Å². The lowest BCUT2D eigenvalue weighted by atomic mass is 9.94. The van der Waals surface area contributed by atoms with Crippen molar-refractivity contribution in [2.75, 3.05) is 20.8 Å². The number of rotatable bonds is 5. The van der Waals surface area contributed by atoms with Crippen LogP contribution in [0.1, 0.15) is 25.5 Å².